The van der Waals surface area contributed by atoms with Crippen LogP contribution in [-0.2, 0) is 0 Å². The van der Waals surface area contributed by atoms with Crippen LogP contribution in [0, 0.1) is 5.92 Å². The van der Waals surface area contributed by atoms with Crippen LogP contribution in [0.5, 0.6) is 11.5 Å². The maximum Gasteiger partial charge on any atom is 0.246 e. The average Bonchev–Trinajstić information content (AvgIpc) is 2.72. The average molecular weight is 276 g/mol. The molecule has 110 valence electrons. The first-order chi connectivity index (χ1) is 9.57. The maximum atomic E-state index is 5.89. The number of rotatable bonds is 3. The molecule has 2 aliphatic rings. The van der Waals surface area contributed by atoms with Crippen LogP contribution in [0.3, 0.4) is 0 Å². The van der Waals surface area contributed by atoms with Crippen molar-refractivity contribution in [2.24, 2.45) is 11.7 Å². The highest BCUT2D eigenvalue weighted by Crippen LogP contribution is 2.41. The molecule has 20 heavy (non-hydrogen) atoms. The summed E-state index contributed by atoms with van der Waals surface area (Å²) in [7, 11) is 0. The molecule has 2 atom stereocenters. The SMILES string of the molecule is CC1(C)Oc2ccc(NC3CCCCC3CN)cc2O1. The lowest BCUT2D eigenvalue weighted by molar-refractivity contribution is -0.0431. The molecule has 1 aliphatic heterocycles. The maximum absolute atomic E-state index is 5.89. The molecule has 0 spiro atoms. The molecular formula is C16H24N2O2. The lowest BCUT2D eigenvalue weighted by Crippen LogP contribution is -2.36. The Hall–Kier alpha value is -1.42. The van der Waals surface area contributed by atoms with E-state index in [9.17, 15) is 0 Å². The third kappa shape index (κ3) is 2.70. The second kappa shape index (κ2) is 5.17. The molecule has 1 aromatic carbocycles. The first-order valence-corrected chi connectivity index (χ1v) is 7.56. The minimum Gasteiger partial charge on any atom is -0.449 e. The normalized spacial score (nSPS) is 27.4. The highest BCUT2D eigenvalue weighted by Gasteiger charge is 2.32. The van der Waals surface area contributed by atoms with E-state index < -0.39 is 5.79 Å². The summed E-state index contributed by atoms with van der Waals surface area (Å²) in [5, 5.41) is 3.62. The van der Waals surface area contributed by atoms with Gasteiger partial charge in [0, 0.05) is 31.6 Å². The highest BCUT2D eigenvalue weighted by molar-refractivity contribution is 5.56. The molecule has 3 N–H and O–H groups in total. The van der Waals surface area contributed by atoms with E-state index in [2.05, 4.69) is 11.4 Å². The van der Waals surface area contributed by atoms with Crippen molar-refractivity contribution < 1.29 is 9.47 Å². The van der Waals surface area contributed by atoms with Gasteiger partial charge in [-0.25, -0.2) is 0 Å². The van der Waals surface area contributed by atoms with E-state index in [1.807, 2.05) is 26.0 Å². The summed E-state index contributed by atoms with van der Waals surface area (Å²) >= 11 is 0. The second-order valence-corrected chi connectivity index (χ2v) is 6.30. The van der Waals surface area contributed by atoms with Gasteiger partial charge in [0.1, 0.15) is 0 Å². The Morgan fingerprint density at radius 2 is 1.95 bits per heavy atom. The van der Waals surface area contributed by atoms with Crippen LogP contribution in [0.15, 0.2) is 18.2 Å². The van der Waals surface area contributed by atoms with E-state index >= 15 is 0 Å². The van der Waals surface area contributed by atoms with Gasteiger partial charge in [-0.2, -0.15) is 0 Å². The van der Waals surface area contributed by atoms with Crippen LogP contribution in [0.4, 0.5) is 5.69 Å². The van der Waals surface area contributed by atoms with Gasteiger partial charge in [-0.15, -0.1) is 0 Å². The lowest BCUT2D eigenvalue weighted by Gasteiger charge is -2.32. The van der Waals surface area contributed by atoms with Gasteiger partial charge in [-0.05, 0) is 37.4 Å². The van der Waals surface area contributed by atoms with E-state index in [1.165, 1.54) is 25.7 Å². The molecule has 0 aromatic heterocycles. The molecule has 1 saturated carbocycles. The molecular weight excluding hydrogens is 252 g/mol. The van der Waals surface area contributed by atoms with Gasteiger partial charge < -0.3 is 20.5 Å². The molecule has 1 fully saturated rings. The number of hydrogen-bond acceptors (Lipinski definition) is 4. The van der Waals surface area contributed by atoms with E-state index in [-0.39, 0.29) is 0 Å². The summed E-state index contributed by atoms with van der Waals surface area (Å²) in [6, 6.07) is 6.55. The number of fused-ring (bicyclic) bond motifs is 1. The summed E-state index contributed by atoms with van der Waals surface area (Å²) in [6.45, 7) is 4.60. The molecule has 1 aromatic rings. The monoisotopic (exact) mass is 276 g/mol. The van der Waals surface area contributed by atoms with Crippen LogP contribution < -0.4 is 20.5 Å². The quantitative estimate of drug-likeness (QED) is 0.890. The lowest BCUT2D eigenvalue weighted by atomic mass is 9.84. The zero-order valence-corrected chi connectivity index (χ0v) is 12.3. The molecule has 3 rings (SSSR count). The topological polar surface area (TPSA) is 56.5 Å². The fraction of sp³-hybridized carbons (Fsp3) is 0.625. The van der Waals surface area contributed by atoms with Gasteiger partial charge in [0.2, 0.25) is 5.79 Å². The largest absolute Gasteiger partial charge is 0.449 e. The van der Waals surface area contributed by atoms with Gasteiger partial charge in [0.25, 0.3) is 0 Å². The molecule has 0 amide bonds. The number of benzene rings is 1. The number of anilines is 1. The van der Waals surface area contributed by atoms with Crippen molar-refractivity contribution in [3.63, 3.8) is 0 Å². The van der Waals surface area contributed by atoms with Crippen molar-refractivity contribution in [3.05, 3.63) is 18.2 Å². The Kier molecular flexibility index (Phi) is 3.50. The Balaban J connectivity index is 1.73. The molecule has 2 unspecified atom stereocenters. The van der Waals surface area contributed by atoms with Crippen molar-refractivity contribution >= 4 is 5.69 Å². The third-order valence-corrected chi connectivity index (χ3v) is 4.22. The fourth-order valence-electron chi connectivity index (χ4n) is 3.21. The van der Waals surface area contributed by atoms with Crippen molar-refractivity contribution in [2.75, 3.05) is 11.9 Å². The Labute approximate surface area is 120 Å². The first-order valence-electron chi connectivity index (χ1n) is 7.56. The Morgan fingerprint density at radius 1 is 1.20 bits per heavy atom. The van der Waals surface area contributed by atoms with Crippen molar-refractivity contribution in [2.45, 2.75) is 51.4 Å². The van der Waals surface area contributed by atoms with Crippen LogP contribution in [0.1, 0.15) is 39.5 Å². The fourth-order valence-corrected chi connectivity index (χ4v) is 3.21. The van der Waals surface area contributed by atoms with E-state index in [4.69, 9.17) is 15.2 Å². The standard InChI is InChI=1S/C16H24N2O2/c1-16(2)19-14-8-7-12(9-15(14)20-16)18-13-6-4-3-5-11(13)10-17/h7-9,11,13,18H,3-6,10,17H2,1-2H3. The van der Waals surface area contributed by atoms with Gasteiger partial charge >= 0.3 is 0 Å². The highest BCUT2D eigenvalue weighted by atomic mass is 16.7. The van der Waals surface area contributed by atoms with Gasteiger partial charge in [0.15, 0.2) is 11.5 Å². The summed E-state index contributed by atoms with van der Waals surface area (Å²) in [4.78, 5) is 0. The van der Waals surface area contributed by atoms with E-state index in [0.29, 0.717) is 12.0 Å². The van der Waals surface area contributed by atoms with Gasteiger partial charge in [-0.3, -0.25) is 0 Å². The molecule has 4 nitrogen and oxygen atoms in total. The van der Waals surface area contributed by atoms with Crippen molar-refractivity contribution in [1.29, 1.82) is 0 Å². The summed E-state index contributed by atoms with van der Waals surface area (Å²) in [6.07, 6.45) is 5.01. The van der Waals surface area contributed by atoms with E-state index in [1.54, 1.807) is 0 Å². The Bertz CT molecular complexity index is 487. The summed E-state index contributed by atoms with van der Waals surface area (Å²) in [5.74, 6) is 1.65. The Morgan fingerprint density at radius 3 is 2.75 bits per heavy atom. The number of hydrogen-bond donors (Lipinski definition) is 2. The van der Waals surface area contributed by atoms with Crippen molar-refractivity contribution in [3.8, 4) is 11.5 Å². The minimum absolute atomic E-state index is 0.474. The van der Waals surface area contributed by atoms with E-state index in [0.717, 1.165) is 23.7 Å². The predicted octanol–water partition coefficient (Wildman–Crippen LogP) is 3.12. The minimum atomic E-state index is -0.564. The predicted molar refractivity (Wildman–Crippen MR) is 80.2 cm³/mol. The van der Waals surface area contributed by atoms with Crippen LogP contribution in [-0.4, -0.2) is 18.4 Å². The first kappa shape index (κ1) is 13.6. The van der Waals surface area contributed by atoms with Gasteiger partial charge in [-0.1, -0.05) is 12.8 Å². The van der Waals surface area contributed by atoms with Crippen LogP contribution >= 0.6 is 0 Å². The van der Waals surface area contributed by atoms with Crippen LogP contribution in [0.2, 0.25) is 0 Å². The number of nitrogens with two attached hydrogens (primary N) is 1. The summed E-state index contributed by atoms with van der Waals surface area (Å²) in [5.41, 5.74) is 6.98. The van der Waals surface area contributed by atoms with Crippen molar-refractivity contribution in [1.82, 2.24) is 0 Å². The molecule has 4 heteroatoms. The molecule has 1 heterocycles. The molecule has 1 aliphatic carbocycles. The molecule has 0 radical (unpaired) electrons. The number of nitrogens with one attached hydrogen (secondary N) is 1. The molecule has 0 bridgehead atoms. The van der Waals surface area contributed by atoms with Crippen LogP contribution in [0.25, 0.3) is 0 Å². The third-order valence-electron chi connectivity index (χ3n) is 4.22. The summed E-state index contributed by atoms with van der Waals surface area (Å²) < 4.78 is 11.5. The van der Waals surface area contributed by atoms with Gasteiger partial charge in [0.05, 0.1) is 0 Å². The zero-order chi connectivity index (χ0) is 14.2. The number of ether oxygens (including phenoxy) is 2. The molecule has 0 saturated heterocycles. The zero-order valence-electron chi connectivity index (χ0n) is 12.3. The smallest absolute Gasteiger partial charge is 0.246 e. The second-order valence-electron chi connectivity index (χ2n) is 6.30.